The Labute approximate surface area is 200 Å². The molecule has 1 N–H and O–H groups in total. The van der Waals surface area contributed by atoms with E-state index in [9.17, 15) is 14.4 Å². The van der Waals surface area contributed by atoms with E-state index in [0.717, 1.165) is 42.7 Å². The number of hydrogen-bond acceptors (Lipinski definition) is 3. The number of carbonyl (C=O) groups excluding carboxylic acids is 2. The highest BCUT2D eigenvalue weighted by Crippen LogP contribution is 2.20. The molecule has 6 heteroatoms. The Bertz CT molecular complexity index is 1240. The molecule has 1 saturated heterocycles. The van der Waals surface area contributed by atoms with Gasteiger partial charge in [-0.15, -0.1) is 0 Å². The van der Waals surface area contributed by atoms with Crippen molar-refractivity contribution in [1.82, 2.24) is 9.47 Å². The topological polar surface area (TPSA) is 71.4 Å². The van der Waals surface area contributed by atoms with Gasteiger partial charge in [0.05, 0.1) is 5.52 Å². The second-order valence-electron chi connectivity index (χ2n) is 9.30. The maximum absolute atomic E-state index is 12.7. The van der Waals surface area contributed by atoms with Crippen LogP contribution in [0.4, 0.5) is 5.69 Å². The van der Waals surface area contributed by atoms with Gasteiger partial charge in [0.25, 0.3) is 0 Å². The third-order valence-electron chi connectivity index (χ3n) is 6.59. The molecular weight excluding hydrogens is 426 g/mol. The molecule has 2 amide bonds. The van der Waals surface area contributed by atoms with Gasteiger partial charge in [-0.05, 0) is 50.5 Å². The highest BCUT2D eigenvalue weighted by molar-refractivity contribution is 5.95. The highest BCUT2D eigenvalue weighted by atomic mass is 16.2. The molecule has 1 fully saturated rings. The Morgan fingerprint density at radius 2 is 1.59 bits per heavy atom. The summed E-state index contributed by atoms with van der Waals surface area (Å²) in [5.41, 5.74) is 4.59. The number of pyridine rings is 1. The SMILES string of the molecule is Cc1ccc(Cn2c(C)cc(=O)c3cc(NC(=O)CCC(=O)N4CCCCCC4)ccc32)cc1. The molecule has 2 heterocycles. The maximum Gasteiger partial charge on any atom is 0.224 e. The standard InChI is InChI=1S/C28H33N3O3/c1-20-7-9-22(10-8-20)19-31-21(2)17-26(32)24-18-23(11-12-25(24)31)29-27(33)13-14-28(34)30-15-5-3-4-6-16-30/h7-12,17-18H,3-6,13-16,19H2,1-2H3,(H,29,33). The first-order valence-electron chi connectivity index (χ1n) is 12.2. The van der Waals surface area contributed by atoms with Crippen LogP contribution in [0.5, 0.6) is 0 Å². The van der Waals surface area contributed by atoms with Crippen LogP contribution in [0.2, 0.25) is 0 Å². The van der Waals surface area contributed by atoms with Crippen molar-refractivity contribution in [3.05, 3.63) is 75.6 Å². The molecule has 0 radical (unpaired) electrons. The van der Waals surface area contributed by atoms with Crippen molar-refractivity contribution in [3.63, 3.8) is 0 Å². The van der Waals surface area contributed by atoms with Gasteiger partial charge in [-0.1, -0.05) is 42.7 Å². The number of carbonyl (C=O) groups is 2. The molecule has 1 aliphatic heterocycles. The molecule has 0 bridgehead atoms. The lowest BCUT2D eigenvalue weighted by atomic mass is 10.1. The van der Waals surface area contributed by atoms with Crippen molar-refractivity contribution in [2.75, 3.05) is 18.4 Å². The molecule has 4 rings (SSSR count). The smallest absolute Gasteiger partial charge is 0.224 e. The molecule has 34 heavy (non-hydrogen) atoms. The zero-order valence-corrected chi connectivity index (χ0v) is 20.1. The number of benzene rings is 2. The molecule has 1 aliphatic rings. The summed E-state index contributed by atoms with van der Waals surface area (Å²) in [7, 11) is 0. The van der Waals surface area contributed by atoms with Gasteiger partial charge in [-0.2, -0.15) is 0 Å². The minimum atomic E-state index is -0.213. The largest absolute Gasteiger partial charge is 0.343 e. The van der Waals surface area contributed by atoms with Crippen molar-refractivity contribution in [2.45, 2.75) is 58.9 Å². The van der Waals surface area contributed by atoms with Crippen LogP contribution >= 0.6 is 0 Å². The lowest BCUT2D eigenvalue weighted by Crippen LogP contribution is -2.32. The monoisotopic (exact) mass is 459 g/mol. The van der Waals surface area contributed by atoms with Gasteiger partial charge in [0.2, 0.25) is 11.8 Å². The van der Waals surface area contributed by atoms with E-state index in [1.165, 1.54) is 18.4 Å². The van der Waals surface area contributed by atoms with E-state index in [4.69, 9.17) is 0 Å². The number of rotatable bonds is 6. The fourth-order valence-corrected chi connectivity index (χ4v) is 4.59. The molecular formula is C28H33N3O3. The number of likely N-dealkylation sites (tertiary alicyclic amines) is 1. The number of hydrogen-bond donors (Lipinski definition) is 1. The Balaban J connectivity index is 1.46. The molecule has 2 aromatic carbocycles. The average Bonchev–Trinajstić information content (AvgIpc) is 3.11. The van der Waals surface area contributed by atoms with Crippen LogP contribution < -0.4 is 10.7 Å². The van der Waals surface area contributed by atoms with Gasteiger partial charge in [-0.25, -0.2) is 0 Å². The van der Waals surface area contributed by atoms with Crippen molar-refractivity contribution in [3.8, 4) is 0 Å². The Morgan fingerprint density at radius 3 is 2.29 bits per heavy atom. The van der Waals surface area contributed by atoms with Crippen LogP contribution in [0.25, 0.3) is 10.9 Å². The summed E-state index contributed by atoms with van der Waals surface area (Å²) in [5.74, 6) is -0.167. The number of fused-ring (bicyclic) bond motifs is 1. The zero-order chi connectivity index (χ0) is 24.1. The minimum Gasteiger partial charge on any atom is -0.343 e. The van der Waals surface area contributed by atoms with Crippen LogP contribution in [-0.2, 0) is 16.1 Å². The average molecular weight is 460 g/mol. The number of nitrogens with one attached hydrogen (secondary N) is 1. The van der Waals surface area contributed by atoms with Crippen LogP contribution in [0.1, 0.15) is 55.3 Å². The molecule has 3 aromatic rings. The number of aryl methyl sites for hydroxylation is 2. The Kier molecular flexibility index (Phi) is 7.46. The quantitative estimate of drug-likeness (QED) is 0.576. The minimum absolute atomic E-state index is 0.0463. The predicted molar refractivity (Wildman–Crippen MR) is 136 cm³/mol. The fourth-order valence-electron chi connectivity index (χ4n) is 4.59. The lowest BCUT2D eigenvalue weighted by molar-refractivity contribution is -0.132. The van der Waals surface area contributed by atoms with Gasteiger partial charge >= 0.3 is 0 Å². The van der Waals surface area contributed by atoms with Crippen molar-refractivity contribution in [2.24, 2.45) is 0 Å². The maximum atomic E-state index is 12.7. The summed E-state index contributed by atoms with van der Waals surface area (Å²) in [6.07, 6.45) is 4.75. The third-order valence-corrected chi connectivity index (χ3v) is 6.59. The highest BCUT2D eigenvalue weighted by Gasteiger charge is 2.17. The first kappa shape index (κ1) is 23.7. The van der Waals surface area contributed by atoms with Gasteiger partial charge in [0.1, 0.15) is 0 Å². The summed E-state index contributed by atoms with van der Waals surface area (Å²) < 4.78 is 2.12. The lowest BCUT2D eigenvalue weighted by Gasteiger charge is -2.20. The first-order valence-corrected chi connectivity index (χ1v) is 12.2. The molecule has 1 aromatic heterocycles. The molecule has 0 aliphatic carbocycles. The van der Waals surface area contributed by atoms with E-state index in [1.54, 1.807) is 12.1 Å². The predicted octanol–water partition coefficient (Wildman–Crippen LogP) is 4.79. The third kappa shape index (κ3) is 5.74. The Hall–Kier alpha value is -3.41. The van der Waals surface area contributed by atoms with E-state index in [-0.39, 0.29) is 30.1 Å². The normalized spacial score (nSPS) is 14.1. The number of nitrogens with zero attached hydrogens (tertiary/aromatic N) is 2. The number of anilines is 1. The zero-order valence-electron chi connectivity index (χ0n) is 20.1. The molecule has 0 saturated carbocycles. The molecule has 0 unspecified atom stereocenters. The van der Waals surface area contributed by atoms with Gasteiger partial charge < -0.3 is 14.8 Å². The summed E-state index contributed by atoms with van der Waals surface area (Å²) in [4.78, 5) is 39.6. The van der Waals surface area contributed by atoms with E-state index >= 15 is 0 Å². The van der Waals surface area contributed by atoms with Crippen molar-refractivity contribution in [1.29, 1.82) is 0 Å². The second kappa shape index (κ2) is 10.7. The first-order chi connectivity index (χ1) is 16.4. The molecule has 6 nitrogen and oxygen atoms in total. The summed E-state index contributed by atoms with van der Waals surface area (Å²) in [5, 5.41) is 3.43. The van der Waals surface area contributed by atoms with Crippen LogP contribution in [0.3, 0.4) is 0 Å². The van der Waals surface area contributed by atoms with Crippen LogP contribution in [0, 0.1) is 13.8 Å². The van der Waals surface area contributed by atoms with E-state index in [0.29, 0.717) is 17.6 Å². The van der Waals surface area contributed by atoms with Gasteiger partial charge in [0, 0.05) is 55.3 Å². The van der Waals surface area contributed by atoms with E-state index < -0.39 is 0 Å². The number of aromatic nitrogens is 1. The van der Waals surface area contributed by atoms with Gasteiger partial charge in [0.15, 0.2) is 5.43 Å². The summed E-state index contributed by atoms with van der Waals surface area (Å²) in [6, 6.07) is 15.4. The van der Waals surface area contributed by atoms with Crippen molar-refractivity contribution < 1.29 is 9.59 Å². The van der Waals surface area contributed by atoms with Crippen LogP contribution in [-0.4, -0.2) is 34.4 Å². The summed E-state index contributed by atoms with van der Waals surface area (Å²) in [6.45, 7) is 6.24. The molecule has 178 valence electrons. The second-order valence-corrected chi connectivity index (χ2v) is 9.30. The van der Waals surface area contributed by atoms with Gasteiger partial charge in [-0.3, -0.25) is 14.4 Å². The number of amides is 2. The molecule has 0 spiro atoms. The Morgan fingerprint density at radius 1 is 0.882 bits per heavy atom. The fraction of sp³-hybridized carbons (Fsp3) is 0.393. The van der Waals surface area contributed by atoms with Crippen LogP contribution in [0.15, 0.2) is 53.3 Å². The summed E-state index contributed by atoms with van der Waals surface area (Å²) >= 11 is 0. The van der Waals surface area contributed by atoms with Crippen molar-refractivity contribution >= 4 is 28.4 Å². The van der Waals surface area contributed by atoms with E-state index in [1.807, 2.05) is 24.0 Å². The van der Waals surface area contributed by atoms with E-state index in [2.05, 4.69) is 41.1 Å². The molecule has 0 atom stereocenters.